The van der Waals surface area contributed by atoms with Gasteiger partial charge < -0.3 is 0 Å². The molecule has 1 aromatic rings. The fourth-order valence-corrected chi connectivity index (χ4v) is 1.43. The Morgan fingerprint density at radius 1 is 1.54 bits per heavy atom. The van der Waals surface area contributed by atoms with Gasteiger partial charge in [-0.1, -0.05) is 17.7 Å². The molecule has 1 aromatic carbocycles. The maximum Gasteiger partial charge on any atom is 0.142 e. The Hall–Kier alpha value is -0.890. The zero-order valence-corrected chi connectivity index (χ0v) is 8.28. The van der Waals surface area contributed by atoms with Gasteiger partial charge in [-0.25, -0.2) is 4.39 Å². The first-order valence-electron chi connectivity index (χ1n) is 3.95. The molecule has 0 aliphatic heterocycles. The van der Waals surface area contributed by atoms with Crippen molar-refractivity contribution in [2.75, 3.05) is 0 Å². The molecule has 3 heteroatoms. The van der Waals surface area contributed by atoms with E-state index in [1.165, 1.54) is 13.0 Å². The van der Waals surface area contributed by atoms with Gasteiger partial charge in [-0.05, 0) is 31.0 Å². The Morgan fingerprint density at radius 3 is 2.69 bits per heavy atom. The second kappa shape index (κ2) is 3.88. The Balaban J connectivity index is 3.17. The number of rotatable bonds is 2. The van der Waals surface area contributed by atoms with Crippen LogP contribution in [0, 0.1) is 12.7 Å². The molecule has 0 spiro atoms. The lowest BCUT2D eigenvalue weighted by molar-refractivity contribution is -0.116. The van der Waals surface area contributed by atoms with E-state index in [1.807, 2.05) is 6.92 Å². The summed E-state index contributed by atoms with van der Waals surface area (Å²) in [5.74, 6) is -0.487. The zero-order valence-electron chi connectivity index (χ0n) is 7.53. The summed E-state index contributed by atoms with van der Waals surface area (Å²) in [6, 6.07) is 2.93. The van der Waals surface area contributed by atoms with Gasteiger partial charge in [0.25, 0.3) is 0 Å². The van der Waals surface area contributed by atoms with E-state index in [1.54, 1.807) is 6.07 Å². The van der Waals surface area contributed by atoms with Crippen LogP contribution < -0.4 is 0 Å². The van der Waals surface area contributed by atoms with Crippen LogP contribution in [0.1, 0.15) is 18.1 Å². The third-order valence-corrected chi connectivity index (χ3v) is 2.26. The normalized spacial score (nSPS) is 10.2. The summed E-state index contributed by atoms with van der Waals surface area (Å²) in [7, 11) is 0. The van der Waals surface area contributed by atoms with E-state index >= 15 is 0 Å². The average Bonchev–Trinajstić information content (AvgIpc) is 2.05. The number of carbonyl (C=O) groups is 1. The second-order valence-corrected chi connectivity index (χ2v) is 3.41. The highest BCUT2D eigenvalue weighted by Crippen LogP contribution is 2.23. The summed E-state index contributed by atoms with van der Waals surface area (Å²) in [5, 5.41) is 0.0650. The van der Waals surface area contributed by atoms with E-state index < -0.39 is 5.82 Å². The number of carbonyl (C=O) groups excluding carboxylic acids is 1. The predicted octanol–water partition coefficient (Wildman–Crippen LogP) is 2.92. The van der Waals surface area contributed by atoms with Gasteiger partial charge in [0.1, 0.15) is 11.6 Å². The number of benzene rings is 1. The molecule has 0 fully saturated rings. The molecule has 0 atom stereocenters. The summed E-state index contributed by atoms with van der Waals surface area (Å²) >= 11 is 5.72. The van der Waals surface area contributed by atoms with E-state index in [-0.39, 0.29) is 17.2 Å². The number of ketones is 1. The minimum atomic E-state index is -0.469. The molecule has 0 heterocycles. The first-order chi connectivity index (χ1) is 6.02. The van der Waals surface area contributed by atoms with Gasteiger partial charge in [-0.15, -0.1) is 0 Å². The largest absolute Gasteiger partial charge is 0.300 e. The maximum absolute atomic E-state index is 13.0. The lowest BCUT2D eigenvalue weighted by Crippen LogP contribution is -2.01. The molecular weight excluding hydrogens is 191 g/mol. The van der Waals surface area contributed by atoms with Crippen molar-refractivity contribution < 1.29 is 9.18 Å². The molecule has 70 valence electrons. The lowest BCUT2D eigenvalue weighted by Gasteiger charge is -2.06. The van der Waals surface area contributed by atoms with E-state index in [9.17, 15) is 9.18 Å². The minimum absolute atomic E-state index is 0.0180. The van der Waals surface area contributed by atoms with Gasteiger partial charge in [0, 0.05) is 6.42 Å². The minimum Gasteiger partial charge on any atom is -0.300 e. The van der Waals surface area contributed by atoms with Crippen LogP contribution >= 0.6 is 11.6 Å². The van der Waals surface area contributed by atoms with Crippen LogP contribution in [0.25, 0.3) is 0 Å². The van der Waals surface area contributed by atoms with Gasteiger partial charge in [-0.2, -0.15) is 0 Å². The Morgan fingerprint density at radius 2 is 2.15 bits per heavy atom. The average molecular weight is 201 g/mol. The molecule has 13 heavy (non-hydrogen) atoms. The van der Waals surface area contributed by atoms with Gasteiger partial charge >= 0.3 is 0 Å². The van der Waals surface area contributed by atoms with Crippen LogP contribution in [0.3, 0.4) is 0 Å². The topological polar surface area (TPSA) is 17.1 Å². The molecule has 0 saturated heterocycles. The van der Waals surface area contributed by atoms with Gasteiger partial charge in [0.05, 0.1) is 5.02 Å². The van der Waals surface area contributed by atoms with Crippen LogP contribution in [-0.4, -0.2) is 5.78 Å². The van der Waals surface area contributed by atoms with Crippen molar-refractivity contribution in [3.63, 3.8) is 0 Å². The lowest BCUT2D eigenvalue weighted by atomic mass is 10.0. The highest BCUT2D eigenvalue weighted by Gasteiger charge is 2.10. The van der Waals surface area contributed by atoms with Crippen LogP contribution in [0.15, 0.2) is 12.1 Å². The molecule has 0 amide bonds. The van der Waals surface area contributed by atoms with Crippen LogP contribution in [0.2, 0.25) is 5.02 Å². The molecular formula is C10H10ClFO. The summed E-state index contributed by atoms with van der Waals surface area (Å²) in [6.07, 6.45) is 0.197. The van der Waals surface area contributed by atoms with Crippen LogP contribution in [-0.2, 0) is 11.2 Å². The quantitative estimate of drug-likeness (QED) is 0.718. The number of hydrogen-bond donors (Lipinski definition) is 0. The van der Waals surface area contributed by atoms with Crippen molar-refractivity contribution in [3.05, 3.63) is 34.1 Å². The third-order valence-electron chi connectivity index (χ3n) is 1.86. The Labute approximate surface area is 81.5 Å². The maximum atomic E-state index is 13.0. The van der Waals surface area contributed by atoms with Crippen molar-refractivity contribution in [2.24, 2.45) is 0 Å². The van der Waals surface area contributed by atoms with E-state index in [0.29, 0.717) is 5.56 Å². The van der Waals surface area contributed by atoms with Gasteiger partial charge in [-0.3, -0.25) is 4.79 Å². The van der Waals surface area contributed by atoms with E-state index in [4.69, 9.17) is 11.6 Å². The Kier molecular flexibility index (Phi) is 3.04. The molecule has 0 radical (unpaired) electrons. The third kappa shape index (κ3) is 2.28. The number of aryl methyl sites for hydroxylation is 1. The molecule has 1 rings (SSSR count). The molecule has 0 aliphatic rings. The summed E-state index contributed by atoms with van der Waals surface area (Å²) in [4.78, 5) is 10.8. The second-order valence-electron chi connectivity index (χ2n) is 3.04. The molecule has 0 N–H and O–H groups in total. The highest BCUT2D eigenvalue weighted by atomic mass is 35.5. The molecule has 0 saturated carbocycles. The molecule has 0 aromatic heterocycles. The fourth-order valence-electron chi connectivity index (χ4n) is 1.16. The monoisotopic (exact) mass is 200 g/mol. The van der Waals surface area contributed by atoms with Crippen molar-refractivity contribution in [1.29, 1.82) is 0 Å². The standard InChI is InChI=1S/C10H10ClFO/c1-6-3-4-9(12)10(11)8(6)5-7(2)13/h3-4H,5H2,1-2H3. The first-order valence-corrected chi connectivity index (χ1v) is 4.33. The smallest absolute Gasteiger partial charge is 0.142 e. The molecule has 0 unspecified atom stereocenters. The van der Waals surface area contributed by atoms with E-state index in [0.717, 1.165) is 5.56 Å². The SMILES string of the molecule is CC(=O)Cc1c(C)ccc(F)c1Cl. The summed E-state index contributed by atoms with van der Waals surface area (Å²) in [5.41, 5.74) is 1.44. The van der Waals surface area contributed by atoms with Crippen LogP contribution in [0.5, 0.6) is 0 Å². The van der Waals surface area contributed by atoms with Crippen molar-refractivity contribution in [1.82, 2.24) is 0 Å². The van der Waals surface area contributed by atoms with Crippen LogP contribution in [0.4, 0.5) is 4.39 Å². The van der Waals surface area contributed by atoms with E-state index in [2.05, 4.69) is 0 Å². The first kappa shape index (κ1) is 10.2. The molecule has 0 bridgehead atoms. The summed E-state index contributed by atoms with van der Waals surface area (Å²) < 4.78 is 13.0. The Bertz CT molecular complexity index is 347. The molecule has 1 nitrogen and oxygen atoms in total. The fraction of sp³-hybridized carbons (Fsp3) is 0.300. The predicted molar refractivity (Wildman–Crippen MR) is 50.5 cm³/mol. The van der Waals surface area contributed by atoms with Gasteiger partial charge in [0.15, 0.2) is 0 Å². The number of halogens is 2. The number of Topliss-reactive ketones (excluding diaryl/α,β-unsaturated/α-hetero) is 1. The number of hydrogen-bond acceptors (Lipinski definition) is 1. The van der Waals surface area contributed by atoms with Crippen molar-refractivity contribution >= 4 is 17.4 Å². The summed E-state index contributed by atoms with van der Waals surface area (Å²) in [6.45, 7) is 3.27. The van der Waals surface area contributed by atoms with Crippen molar-refractivity contribution in [3.8, 4) is 0 Å². The highest BCUT2D eigenvalue weighted by molar-refractivity contribution is 6.31. The van der Waals surface area contributed by atoms with Crippen molar-refractivity contribution in [2.45, 2.75) is 20.3 Å². The van der Waals surface area contributed by atoms with Gasteiger partial charge in [0.2, 0.25) is 0 Å². The molecule has 0 aliphatic carbocycles. The zero-order chi connectivity index (χ0) is 10.0.